The summed E-state index contributed by atoms with van der Waals surface area (Å²) in [6, 6.07) is 4.64. The number of esters is 1. The van der Waals surface area contributed by atoms with Crippen LogP contribution in [0, 0.1) is 0 Å². The van der Waals surface area contributed by atoms with Crippen LogP contribution in [0.1, 0.15) is 43.2 Å². The molecular weight excluding hydrogens is 281 g/mol. The maximum absolute atomic E-state index is 12.4. The van der Waals surface area contributed by atoms with Crippen LogP contribution in [0.4, 0.5) is 13.2 Å². The number of hydrogen-bond donors (Lipinski definition) is 0. The normalized spacial score (nSPS) is 17.1. The molecule has 0 bridgehead atoms. The molecule has 0 N–H and O–H groups in total. The Bertz CT molecular complexity index is 497. The van der Waals surface area contributed by atoms with Crippen molar-refractivity contribution in [1.29, 1.82) is 0 Å². The topological polar surface area (TPSA) is 26.3 Å². The van der Waals surface area contributed by atoms with Gasteiger partial charge in [0.15, 0.2) is 0 Å². The Kier molecular flexibility index (Phi) is 5.04. The van der Waals surface area contributed by atoms with Crippen LogP contribution in [0.25, 0.3) is 6.08 Å². The molecule has 0 unspecified atom stereocenters. The van der Waals surface area contributed by atoms with Crippen LogP contribution in [0.2, 0.25) is 0 Å². The maximum Gasteiger partial charge on any atom is 0.416 e. The van der Waals surface area contributed by atoms with E-state index in [1.165, 1.54) is 30.7 Å². The highest BCUT2D eigenvalue weighted by Crippen LogP contribution is 2.29. The van der Waals surface area contributed by atoms with Crippen LogP contribution < -0.4 is 0 Å². The minimum absolute atomic E-state index is 0.0245. The molecule has 0 spiro atoms. The van der Waals surface area contributed by atoms with Gasteiger partial charge in [0.2, 0.25) is 0 Å². The zero-order valence-corrected chi connectivity index (χ0v) is 11.5. The van der Waals surface area contributed by atoms with Gasteiger partial charge in [-0.05, 0) is 49.5 Å². The zero-order chi connectivity index (χ0) is 15.3. The van der Waals surface area contributed by atoms with Gasteiger partial charge in [0.25, 0.3) is 0 Å². The number of ether oxygens (including phenoxy) is 1. The number of hydrogen-bond acceptors (Lipinski definition) is 2. The molecule has 114 valence electrons. The Morgan fingerprint density at radius 2 is 1.71 bits per heavy atom. The summed E-state index contributed by atoms with van der Waals surface area (Å²) in [7, 11) is 0. The SMILES string of the molecule is O=C(C=Cc1ccc(C(F)(F)F)cc1)OC1CCCCC1. The van der Waals surface area contributed by atoms with Crippen molar-refractivity contribution in [3.8, 4) is 0 Å². The van der Waals surface area contributed by atoms with E-state index in [1.807, 2.05) is 0 Å². The summed E-state index contributed by atoms with van der Waals surface area (Å²) in [5.41, 5.74) is -0.173. The Morgan fingerprint density at radius 1 is 1.10 bits per heavy atom. The Balaban J connectivity index is 1.89. The molecule has 0 heterocycles. The van der Waals surface area contributed by atoms with Crippen molar-refractivity contribution >= 4 is 12.0 Å². The largest absolute Gasteiger partial charge is 0.459 e. The molecule has 2 nitrogen and oxygen atoms in total. The third-order valence-corrected chi connectivity index (χ3v) is 3.48. The van der Waals surface area contributed by atoms with Crippen molar-refractivity contribution in [3.05, 3.63) is 41.5 Å². The lowest BCUT2D eigenvalue weighted by molar-refractivity contribution is -0.144. The lowest BCUT2D eigenvalue weighted by Gasteiger charge is -2.20. The van der Waals surface area contributed by atoms with E-state index in [2.05, 4.69) is 0 Å². The molecule has 1 fully saturated rings. The quantitative estimate of drug-likeness (QED) is 0.602. The van der Waals surface area contributed by atoms with Gasteiger partial charge < -0.3 is 4.74 Å². The molecule has 5 heteroatoms. The van der Waals surface area contributed by atoms with Crippen molar-refractivity contribution in [2.75, 3.05) is 0 Å². The summed E-state index contributed by atoms with van der Waals surface area (Å²) in [6.45, 7) is 0. The number of carbonyl (C=O) groups is 1. The third kappa shape index (κ3) is 4.92. The fourth-order valence-electron chi connectivity index (χ4n) is 2.33. The van der Waals surface area contributed by atoms with E-state index in [-0.39, 0.29) is 6.10 Å². The van der Waals surface area contributed by atoms with Crippen LogP contribution in [0.3, 0.4) is 0 Å². The smallest absolute Gasteiger partial charge is 0.416 e. The van der Waals surface area contributed by atoms with Crippen molar-refractivity contribution < 1.29 is 22.7 Å². The molecular formula is C16H17F3O2. The summed E-state index contributed by atoms with van der Waals surface area (Å²) >= 11 is 0. The van der Waals surface area contributed by atoms with Gasteiger partial charge in [0, 0.05) is 6.08 Å². The van der Waals surface area contributed by atoms with Crippen LogP contribution in [0.5, 0.6) is 0 Å². The molecule has 0 aromatic heterocycles. The average Bonchev–Trinajstić information content (AvgIpc) is 2.46. The second-order valence-corrected chi connectivity index (χ2v) is 5.15. The molecule has 1 aromatic rings. The van der Waals surface area contributed by atoms with E-state index in [0.717, 1.165) is 37.8 Å². The summed E-state index contributed by atoms with van der Waals surface area (Å²) in [4.78, 5) is 11.6. The molecule has 0 radical (unpaired) electrons. The zero-order valence-electron chi connectivity index (χ0n) is 11.5. The standard InChI is InChI=1S/C16H17F3O2/c17-16(18,19)13-9-6-12(7-10-13)8-11-15(20)21-14-4-2-1-3-5-14/h6-11,14H,1-5H2. The van der Waals surface area contributed by atoms with Crippen molar-refractivity contribution in [3.63, 3.8) is 0 Å². The Hall–Kier alpha value is -1.78. The predicted octanol–water partition coefficient (Wildman–Crippen LogP) is 4.59. The second-order valence-electron chi connectivity index (χ2n) is 5.15. The fraction of sp³-hybridized carbons (Fsp3) is 0.438. The summed E-state index contributed by atoms with van der Waals surface area (Å²) < 4.78 is 42.5. The maximum atomic E-state index is 12.4. The molecule has 1 aromatic carbocycles. The summed E-state index contributed by atoms with van der Waals surface area (Å²) in [6.07, 6.45) is 3.45. The first-order valence-electron chi connectivity index (χ1n) is 7.01. The first-order chi connectivity index (χ1) is 9.95. The molecule has 0 atom stereocenters. The molecule has 1 aliphatic rings. The Labute approximate surface area is 121 Å². The molecule has 0 aliphatic heterocycles. The van der Waals surface area contributed by atoms with Crippen molar-refractivity contribution in [2.24, 2.45) is 0 Å². The highest BCUT2D eigenvalue weighted by atomic mass is 19.4. The van der Waals surface area contributed by atoms with Crippen molar-refractivity contribution in [2.45, 2.75) is 44.4 Å². The summed E-state index contributed by atoms with van der Waals surface area (Å²) in [5.74, 6) is -0.443. The van der Waals surface area contributed by atoms with Gasteiger partial charge in [0.1, 0.15) is 6.10 Å². The first-order valence-corrected chi connectivity index (χ1v) is 7.01. The Morgan fingerprint density at radius 3 is 2.29 bits per heavy atom. The first kappa shape index (κ1) is 15.6. The van der Waals surface area contributed by atoms with E-state index in [9.17, 15) is 18.0 Å². The molecule has 21 heavy (non-hydrogen) atoms. The van der Waals surface area contributed by atoms with Crippen molar-refractivity contribution in [1.82, 2.24) is 0 Å². The molecule has 1 saturated carbocycles. The summed E-state index contributed by atoms with van der Waals surface area (Å²) in [5, 5.41) is 0. The van der Waals surface area contributed by atoms with Crippen LogP contribution in [-0.4, -0.2) is 12.1 Å². The molecule has 1 aliphatic carbocycles. The van der Waals surface area contributed by atoms with Crippen LogP contribution >= 0.6 is 0 Å². The highest BCUT2D eigenvalue weighted by Gasteiger charge is 2.29. The van der Waals surface area contributed by atoms with E-state index < -0.39 is 17.7 Å². The molecule has 0 amide bonds. The van der Waals surface area contributed by atoms with Gasteiger partial charge in [-0.25, -0.2) is 4.79 Å². The minimum atomic E-state index is -4.35. The number of benzene rings is 1. The van der Waals surface area contributed by atoms with Gasteiger partial charge in [-0.15, -0.1) is 0 Å². The lowest BCUT2D eigenvalue weighted by Crippen LogP contribution is -2.19. The van der Waals surface area contributed by atoms with Gasteiger partial charge in [0.05, 0.1) is 5.56 Å². The van der Waals surface area contributed by atoms with Gasteiger partial charge in [-0.1, -0.05) is 18.6 Å². The predicted molar refractivity (Wildman–Crippen MR) is 73.4 cm³/mol. The van der Waals surface area contributed by atoms with Gasteiger partial charge in [-0.3, -0.25) is 0 Å². The number of alkyl halides is 3. The lowest BCUT2D eigenvalue weighted by atomic mass is 9.98. The van der Waals surface area contributed by atoms with E-state index in [4.69, 9.17) is 4.74 Å². The number of carbonyl (C=O) groups excluding carboxylic acids is 1. The van der Waals surface area contributed by atoms with Gasteiger partial charge in [-0.2, -0.15) is 13.2 Å². The van der Waals surface area contributed by atoms with Crippen LogP contribution in [-0.2, 0) is 15.7 Å². The number of halogens is 3. The average molecular weight is 298 g/mol. The third-order valence-electron chi connectivity index (χ3n) is 3.48. The molecule has 2 rings (SSSR count). The number of rotatable bonds is 3. The minimum Gasteiger partial charge on any atom is -0.459 e. The monoisotopic (exact) mass is 298 g/mol. The fourth-order valence-corrected chi connectivity index (χ4v) is 2.33. The van der Waals surface area contributed by atoms with Gasteiger partial charge >= 0.3 is 12.1 Å². The van der Waals surface area contributed by atoms with E-state index >= 15 is 0 Å². The highest BCUT2D eigenvalue weighted by molar-refractivity contribution is 5.87. The van der Waals surface area contributed by atoms with Crippen LogP contribution in [0.15, 0.2) is 30.3 Å². The van der Waals surface area contributed by atoms with E-state index in [1.54, 1.807) is 0 Å². The second kappa shape index (κ2) is 6.78. The molecule has 0 saturated heterocycles. The van der Waals surface area contributed by atoms with E-state index in [0.29, 0.717) is 5.56 Å².